The Bertz CT molecular complexity index is 250. The molecule has 4 nitrogen and oxygen atoms in total. The zero-order valence-electron chi connectivity index (χ0n) is 12.7. The zero-order chi connectivity index (χ0) is 14.1. The molecule has 0 radical (unpaired) electrons. The predicted octanol–water partition coefficient (Wildman–Crippen LogP) is 1.60. The molecule has 1 saturated carbocycles. The molecule has 0 unspecified atom stereocenters. The Morgan fingerprint density at radius 1 is 1.21 bits per heavy atom. The van der Waals surface area contributed by atoms with E-state index in [1.807, 2.05) is 0 Å². The number of hydrogen-bond donors (Lipinski definition) is 2. The lowest BCUT2D eigenvalue weighted by molar-refractivity contribution is -0.126. The molecule has 1 aliphatic carbocycles. The highest BCUT2D eigenvalue weighted by atomic mass is 16.1. The van der Waals surface area contributed by atoms with Gasteiger partial charge >= 0.3 is 0 Å². The highest BCUT2D eigenvalue weighted by Crippen LogP contribution is 2.27. The summed E-state index contributed by atoms with van der Waals surface area (Å²) < 4.78 is 0. The number of likely N-dealkylation sites (N-methyl/N-ethyl adjacent to an activating group) is 1. The van der Waals surface area contributed by atoms with E-state index in [-0.39, 0.29) is 11.8 Å². The smallest absolute Gasteiger partial charge is 0.223 e. The van der Waals surface area contributed by atoms with E-state index in [4.69, 9.17) is 5.73 Å². The van der Waals surface area contributed by atoms with Crippen LogP contribution in [0.2, 0.25) is 0 Å². The molecular formula is C15H31N3O. The molecule has 0 saturated heterocycles. The summed E-state index contributed by atoms with van der Waals surface area (Å²) in [5, 5.41) is 3.10. The normalized spacial score (nSPS) is 23.6. The minimum Gasteiger partial charge on any atom is -0.355 e. The lowest BCUT2D eigenvalue weighted by Crippen LogP contribution is -2.39. The Morgan fingerprint density at radius 2 is 1.89 bits per heavy atom. The van der Waals surface area contributed by atoms with Crippen molar-refractivity contribution in [2.75, 3.05) is 32.7 Å². The van der Waals surface area contributed by atoms with Crippen molar-refractivity contribution in [3.63, 3.8) is 0 Å². The first-order chi connectivity index (χ1) is 9.21. The molecule has 0 aromatic heterocycles. The van der Waals surface area contributed by atoms with Crippen molar-refractivity contribution in [1.29, 1.82) is 0 Å². The second kappa shape index (κ2) is 9.32. The van der Waals surface area contributed by atoms with E-state index in [9.17, 15) is 4.79 Å². The zero-order valence-corrected chi connectivity index (χ0v) is 12.7. The van der Waals surface area contributed by atoms with Crippen LogP contribution in [0, 0.1) is 11.8 Å². The summed E-state index contributed by atoms with van der Waals surface area (Å²) in [5.41, 5.74) is 5.68. The molecule has 0 bridgehead atoms. The van der Waals surface area contributed by atoms with Gasteiger partial charge in [-0.15, -0.1) is 0 Å². The molecule has 1 rings (SSSR count). The average molecular weight is 269 g/mol. The van der Waals surface area contributed by atoms with Gasteiger partial charge in [-0.25, -0.2) is 0 Å². The lowest BCUT2D eigenvalue weighted by atomic mass is 9.81. The number of nitrogens with two attached hydrogens (primary N) is 1. The van der Waals surface area contributed by atoms with Gasteiger partial charge in [0.2, 0.25) is 5.91 Å². The Labute approximate surface area is 118 Å². The fraction of sp³-hybridized carbons (Fsp3) is 0.933. The molecule has 19 heavy (non-hydrogen) atoms. The van der Waals surface area contributed by atoms with Crippen LogP contribution in [0.15, 0.2) is 0 Å². The van der Waals surface area contributed by atoms with Crippen LogP contribution < -0.4 is 11.1 Å². The van der Waals surface area contributed by atoms with Gasteiger partial charge < -0.3 is 16.0 Å². The van der Waals surface area contributed by atoms with Gasteiger partial charge in [-0.1, -0.05) is 13.8 Å². The van der Waals surface area contributed by atoms with Crippen LogP contribution >= 0.6 is 0 Å². The molecule has 1 amide bonds. The highest BCUT2D eigenvalue weighted by Gasteiger charge is 2.25. The maximum atomic E-state index is 12.1. The van der Waals surface area contributed by atoms with Gasteiger partial charge in [-0.3, -0.25) is 4.79 Å². The van der Waals surface area contributed by atoms with Gasteiger partial charge in [-0.2, -0.15) is 0 Å². The minimum absolute atomic E-state index is 0.226. The quantitative estimate of drug-likeness (QED) is 0.703. The Balaban J connectivity index is 2.17. The number of hydrogen-bond acceptors (Lipinski definition) is 3. The van der Waals surface area contributed by atoms with Crippen LogP contribution in [0.5, 0.6) is 0 Å². The van der Waals surface area contributed by atoms with Crippen LogP contribution in [-0.4, -0.2) is 43.5 Å². The monoisotopic (exact) mass is 269 g/mol. The van der Waals surface area contributed by atoms with E-state index in [0.29, 0.717) is 5.92 Å². The van der Waals surface area contributed by atoms with E-state index >= 15 is 0 Å². The van der Waals surface area contributed by atoms with Crippen molar-refractivity contribution >= 4 is 5.91 Å². The van der Waals surface area contributed by atoms with E-state index in [2.05, 4.69) is 24.1 Å². The summed E-state index contributed by atoms with van der Waals surface area (Å²) in [6.07, 6.45) is 5.43. The summed E-state index contributed by atoms with van der Waals surface area (Å²) >= 11 is 0. The third-order valence-electron chi connectivity index (χ3n) is 4.27. The van der Waals surface area contributed by atoms with Gasteiger partial charge in [0.15, 0.2) is 0 Å². The summed E-state index contributed by atoms with van der Waals surface area (Å²) in [4.78, 5) is 14.4. The molecule has 1 fully saturated rings. The van der Waals surface area contributed by atoms with Crippen molar-refractivity contribution in [3.8, 4) is 0 Å². The molecular weight excluding hydrogens is 238 g/mol. The summed E-state index contributed by atoms with van der Waals surface area (Å²) in [6.45, 7) is 9.07. The maximum Gasteiger partial charge on any atom is 0.223 e. The van der Waals surface area contributed by atoms with Crippen LogP contribution in [-0.2, 0) is 4.79 Å². The SMILES string of the molecule is CCCN(CC)CCNC(=O)C1CCC(CN)CC1. The fourth-order valence-corrected chi connectivity index (χ4v) is 2.89. The number of nitrogens with zero attached hydrogens (tertiary/aromatic N) is 1. The Kier molecular flexibility index (Phi) is 8.07. The number of nitrogens with one attached hydrogen (secondary N) is 1. The largest absolute Gasteiger partial charge is 0.355 e. The minimum atomic E-state index is 0.226. The average Bonchev–Trinajstić information content (AvgIpc) is 2.46. The van der Waals surface area contributed by atoms with Crippen LogP contribution in [0.3, 0.4) is 0 Å². The molecule has 0 aromatic rings. The van der Waals surface area contributed by atoms with Crippen LogP contribution in [0.4, 0.5) is 0 Å². The molecule has 112 valence electrons. The molecule has 0 atom stereocenters. The standard InChI is InChI=1S/C15H31N3O/c1-3-10-18(4-2)11-9-17-15(19)14-7-5-13(12-16)6-8-14/h13-14H,3-12,16H2,1-2H3,(H,17,19). The topological polar surface area (TPSA) is 58.4 Å². The predicted molar refractivity (Wildman–Crippen MR) is 79.9 cm³/mol. The lowest BCUT2D eigenvalue weighted by Gasteiger charge is -2.27. The summed E-state index contributed by atoms with van der Waals surface area (Å²) in [6, 6.07) is 0. The fourth-order valence-electron chi connectivity index (χ4n) is 2.89. The highest BCUT2D eigenvalue weighted by molar-refractivity contribution is 5.78. The van der Waals surface area contributed by atoms with Crippen LogP contribution in [0.1, 0.15) is 46.0 Å². The van der Waals surface area contributed by atoms with E-state index < -0.39 is 0 Å². The van der Waals surface area contributed by atoms with Gasteiger partial charge in [0.25, 0.3) is 0 Å². The van der Waals surface area contributed by atoms with E-state index in [1.165, 1.54) is 6.42 Å². The maximum absolute atomic E-state index is 12.1. The first kappa shape index (κ1) is 16.4. The molecule has 0 spiro atoms. The van der Waals surface area contributed by atoms with Crippen LogP contribution in [0.25, 0.3) is 0 Å². The number of carbonyl (C=O) groups excluding carboxylic acids is 1. The number of carbonyl (C=O) groups is 1. The second-order valence-electron chi connectivity index (χ2n) is 5.68. The van der Waals surface area contributed by atoms with E-state index in [0.717, 1.165) is 58.4 Å². The first-order valence-electron chi connectivity index (χ1n) is 7.91. The van der Waals surface area contributed by atoms with Crippen molar-refractivity contribution in [2.45, 2.75) is 46.0 Å². The Hall–Kier alpha value is -0.610. The molecule has 0 aromatic carbocycles. The first-order valence-corrected chi connectivity index (χ1v) is 7.91. The summed E-state index contributed by atoms with van der Waals surface area (Å²) in [5.74, 6) is 1.12. The molecule has 3 N–H and O–H groups in total. The van der Waals surface area contributed by atoms with E-state index in [1.54, 1.807) is 0 Å². The number of rotatable bonds is 8. The number of amides is 1. The molecule has 0 aliphatic heterocycles. The van der Waals surface area contributed by atoms with Gasteiger partial charge in [0.05, 0.1) is 0 Å². The van der Waals surface area contributed by atoms with Gasteiger partial charge in [-0.05, 0) is 57.7 Å². The second-order valence-corrected chi connectivity index (χ2v) is 5.68. The molecule has 0 heterocycles. The molecule has 4 heteroatoms. The molecule has 1 aliphatic rings. The third-order valence-corrected chi connectivity index (χ3v) is 4.27. The van der Waals surface area contributed by atoms with Gasteiger partial charge in [0, 0.05) is 19.0 Å². The Morgan fingerprint density at radius 3 is 2.42 bits per heavy atom. The van der Waals surface area contributed by atoms with Gasteiger partial charge in [0.1, 0.15) is 0 Å². The summed E-state index contributed by atoms with van der Waals surface area (Å²) in [7, 11) is 0. The van der Waals surface area contributed by atoms with Crippen molar-refractivity contribution in [3.05, 3.63) is 0 Å². The van der Waals surface area contributed by atoms with Crippen molar-refractivity contribution in [2.24, 2.45) is 17.6 Å². The third kappa shape index (κ3) is 5.91. The van der Waals surface area contributed by atoms with Crippen molar-refractivity contribution < 1.29 is 4.79 Å². The van der Waals surface area contributed by atoms with Crippen molar-refractivity contribution in [1.82, 2.24) is 10.2 Å².